The van der Waals surface area contributed by atoms with E-state index in [0.717, 1.165) is 37.0 Å². The van der Waals surface area contributed by atoms with Crippen molar-refractivity contribution in [3.8, 4) is 11.1 Å². The van der Waals surface area contributed by atoms with Crippen molar-refractivity contribution in [1.29, 1.82) is 0 Å². The van der Waals surface area contributed by atoms with Gasteiger partial charge in [-0.15, -0.1) is 0 Å². The predicted molar refractivity (Wildman–Crippen MR) is 151 cm³/mol. The van der Waals surface area contributed by atoms with Gasteiger partial charge < -0.3 is 18.9 Å². The molecule has 0 aliphatic carbocycles. The van der Waals surface area contributed by atoms with E-state index in [0.29, 0.717) is 24.6 Å². The van der Waals surface area contributed by atoms with Crippen LogP contribution >= 0.6 is 0 Å². The number of methoxy groups -OCH3 is 1. The number of ketones is 1. The zero-order valence-electron chi connectivity index (χ0n) is 24.3. The fourth-order valence-corrected chi connectivity index (χ4v) is 5.29. The molecule has 2 heterocycles. The van der Waals surface area contributed by atoms with Crippen LogP contribution in [0.15, 0.2) is 42.6 Å². The van der Waals surface area contributed by atoms with Crippen LogP contribution in [0.1, 0.15) is 71.1 Å². The number of aromatic nitrogens is 1. The lowest BCUT2D eigenvalue weighted by molar-refractivity contribution is 0.0184. The summed E-state index contributed by atoms with van der Waals surface area (Å²) < 4.78 is 41.4. The number of rotatable bonds is 6. The van der Waals surface area contributed by atoms with Crippen LogP contribution in [-0.2, 0) is 22.9 Å². The Balaban J connectivity index is 1.55. The maximum Gasteiger partial charge on any atom is 0.410 e. The summed E-state index contributed by atoms with van der Waals surface area (Å²) in [4.78, 5) is 40.4. The fraction of sp³-hybridized carbons (Fsp3) is 0.406. The molecule has 1 aromatic heterocycles. The minimum absolute atomic E-state index is 0.000302. The van der Waals surface area contributed by atoms with Gasteiger partial charge in [0.25, 0.3) is 0 Å². The van der Waals surface area contributed by atoms with Crippen molar-refractivity contribution in [3.05, 3.63) is 82.2 Å². The second-order valence-corrected chi connectivity index (χ2v) is 11.5. The van der Waals surface area contributed by atoms with Gasteiger partial charge in [0, 0.05) is 43.0 Å². The molecule has 0 atom stereocenters. The molecule has 3 aromatic rings. The van der Waals surface area contributed by atoms with E-state index in [2.05, 4.69) is 0 Å². The number of nitrogens with zero attached hydrogens (tertiary/aromatic N) is 2. The lowest BCUT2D eigenvalue weighted by Crippen LogP contribution is -2.42. The molecule has 9 heteroatoms. The van der Waals surface area contributed by atoms with Gasteiger partial charge in [0.05, 0.1) is 18.4 Å². The van der Waals surface area contributed by atoms with Gasteiger partial charge in [0.2, 0.25) is 5.78 Å². The number of hydrogen-bond acceptors (Lipinski definition) is 5. The minimum Gasteiger partial charge on any atom is -0.465 e. The van der Waals surface area contributed by atoms with Crippen molar-refractivity contribution in [2.75, 3.05) is 20.2 Å². The molecule has 0 N–H and O–H groups in total. The Morgan fingerprint density at radius 3 is 2.15 bits per heavy atom. The molecule has 4 rings (SSSR count). The number of ether oxygens (including phenoxy) is 2. The molecule has 2 aromatic carbocycles. The van der Waals surface area contributed by atoms with E-state index in [-0.39, 0.29) is 34.0 Å². The number of halogens is 2. The van der Waals surface area contributed by atoms with E-state index in [1.807, 2.05) is 32.9 Å². The first-order valence-electron chi connectivity index (χ1n) is 13.6. The standard InChI is InChI=1S/C32H36F2N2O5/c1-19-24(33)11-12-25(34)26(19)27-23(30(38)40-6)18-35(5)28(27)29(37)22-9-7-20(8-10-22)17-21-13-15-36(16-14-21)31(39)41-32(2,3)4/h7-12,18,21H,13-17H2,1-6H3. The number of benzene rings is 2. The molecule has 1 amide bonds. The number of aryl methyl sites for hydroxylation is 1. The molecule has 41 heavy (non-hydrogen) atoms. The second-order valence-electron chi connectivity index (χ2n) is 11.5. The van der Waals surface area contributed by atoms with Crippen LogP contribution in [0.3, 0.4) is 0 Å². The third-order valence-corrected chi connectivity index (χ3v) is 7.41. The van der Waals surface area contributed by atoms with Crippen molar-refractivity contribution < 1.29 is 32.6 Å². The zero-order chi connectivity index (χ0) is 30.1. The summed E-state index contributed by atoms with van der Waals surface area (Å²) in [5, 5.41) is 0. The van der Waals surface area contributed by atoms with E-state index in [1.165, 1.54) is 24.8 Å². The van der Waals surface area contributed by atoms with Gasteiger partial charge >= 0.3 is 12.1 Å². The third-order valence-electron chi connectivity index (χ3n) is 7.41. The number of likely N-dealkylation sites (tertiary alicyclic amines) is 1. The zero-order valence-corrected chi connectivity index (χ0v) is 24.3. The highest BCUT2D eigenvalue weighted by Gasteiger charge is 2.30. The summed E-state index contributed by atoms with van der Waals surface area (Å²) in [7, 11) is 2.77. The molecule has 7 nitrogen and oxygen atoms in total. The third kappa shape index (κ3) is 6.50. The van der Waals surface area contributed by atoms with Crippen molar-refractivity contribution in [1.82, 2.24) is 9.47 Å². The molecule has 1 aliphatic rings. The quantitative estimate of drug-likeness (QED) is 0.252. The van der Waals surface area contributed by atoms with Crippen LogP contribution < -0.4 is 0 Å². The van der Waals surface area contributed by atoms with Crippen molar-refractivity contribution in [2.24, 2.45) is 13.0 Å². The molecule has 0 bridgehead atoms. The number of hydrogen-bond donors (Lipinski definition) is 0. The summed E-state index contributed by atoms with van der Waals surface area (Å²) in [5.41, 5.74) is 0.735. The first-order valence-corrected chi connectivity index (χ1v) is 13.6. The smallest absolute Gasteiger partial charge is 0.410 e. The monoisotopic (exact) mass is 566 g/mol. The maximum atomic E-state index is 15.1. The number of piperidine rings is 1. The van der Waals surface area contributed by atoms with Crippen LogP contribution in [0.5, 0.6) is 0 Å². The average molecular weight is 567 g/mol. The Morgan fingerprint density at radius 1 is 0.951 bits per heavy atom. The Hall–Kier alpha value is -4.01. The number of carbonyl (C=O) groups excluding carboxylic acids is 3. The largest absolute Gasteiger partial charge is 0.465 e. The Labute approximate surface area is 239 Å². The summed E-state index contributed by atoms with van der Waals surface area (Å²) in [6, 6.07) is 9.16. The Kier molecular flexibility index (Phi) is 8.66. The molecule has 0 saturated carbocycles. The number of amides is 1. The fourth-order valence-electron chi connectivity index (χ4n) is 5.29. The molecule has 1 saturated heterocycles. The van der Waals surface area contributed by atoms with Crippen LogP contribution in [-0.4, -0.2) is 53.1 Å². The normalized spacial score (nSPS) is 14.2. The van der Waals surface area contributed by atoms with Crippen molar-refractivity contribution in [2.45, 2.75) is 52.6 Å². The van der Waals surface area contributed by atoms with E-state index < -0.39 is 29.0 Å². The van der Waals surface area contributed by atoms with Gasteiger partial charge in [-0.3, -0.25) is 4.79 Å². The highest BCUT2D eigenvalue weighted by molar-refractivity contribution is 6.15. The maximum absolute atomic E-state index is 15.1. The van der Waals surface area contributed by atoms with Gasteiger partial charge in [-0.05, 0) is 76.1 Å². The van der Waals surface area contributed by atoms with Crippen molar-refractivity contribution >= 4 is 17.8 Å². The average Bonchev–Trinajstić information content (AvgIpc) is 3.26. The second kappa shape index (κ2) is 11.8. The molecule has 0 radical (unpaired) electrons. The predicted octanol–water partition coefficient (Wildman–Crippen LogP) is 6.49. The molecule has 1 aliphatic heterocycles. The first kappa shape index (κ1) is 30.0. The molecule has 1 fully saturated rings. The van der Waals surface area contributed by atoms with Gasteiger partial charge in [-0.25, -0.2) is 18.4 Å². The van der Waals surface area contributed by atoms with Crippen LogP contribution in [0.25, 0.3) is 11.1 Å². The minimum atomic E-state index is -0.759. The number of esters is 1. The highest BCUT2D eigenvalue weighted by atomic mass is 19.1. The van der Waals surface area contributed by atoms with E-state index in [1.54, 1.807) is 24.1 Å². The number of carbonyl (C=O) groups is 3. The summed E-state index contributed by atoms with van der Waals surface area (Å²) in [5.74, 6) is -2.21. The van der Waals surface area contributed by atoms with Gasteiger partial charge in [-0.1, -0.05) is 24.3 Å². The van der Waals surface area contributed by atoms with Crippen LogP contribution in [0, 0.1) is 24.5 Å². The summed E-state index contributed by atoms with van der Waals surface area (Å²) in [6.07, 6.45) is 3.60. The lowest BCUT2D eigenvalue weighted by atomic mass is 9.89. The van der Waals surface area contributed by atoms with E-state index in [4.69, 9.17) is 9.47 Å². The lowest BCUT2D eigenvalue weighted by Gasteiger charge is -2.33. The summed E-state index contributed by atoms with van der Waals surface area (Å²) >= 11 is 0. The molecule has 0 spiro atoms. The van der Waals surface area contributed by atoms with Crippen LogP contribution in [0.2, 0.25) is 0 Å². The van der Waals surface area contributed by atoms with Gasteiger partial charge in [0.1, 0.15) is 17.2 Å². The Bertz CT molecular complexity index is 1460. The highest BCUT2D eigenvalue weighted by Crippen LogP contribution is 2.36. The molecule has 0 unspecified atom stereocenters. The molecular weight excluding hydrogens is 530 g/mol. The van der Waals surface area contributed by atoms with Crippen LogP contribution in [0.4, 0.5) is 13.6 Å². The van der Waals surface area contributed by atoms with E-state index in [9.17, 15) is 18.8 Å². The topological polar surface area (TPSA) is 77.8 Å². The summed E-state index contributed by atoms with van der Waals surface area (Å²) in [6.45, 7) is 8.22. The van der Waals surface area contributed by atoms with Gasteiger partial charge in [-0.2, -0.15) is 0 Å². The molecule has 218 valence electrons. The van der Waals surface area contributed by atoms with Gasteiger partial charge in [0.15, 0.2) is 0 Å². The molecular formula is C32H36F2N2O5. The SMILES string of the molecule is COC(=O)c1cn(C)c(C(=O)c2ccc(CC3CCN(C(=O)OC(C)(C)C)CC3)cc2)c1-c1c(F)ccc(F)c1C. The Morgan fingerprint density at radius 2 is 1.56 bits per heavy atom. The van der Waals surface area contributed by atoms with Crippen molar-refractivity contribution in [3.63, 3.8) is 0 Å². The first-order chi connectivity index (χ1) is 19.3. The van der Waals surface area contributed by atoms with E-state index >= 15 is 4.39 Å².